The molecular weight excluding hydrogens is 313 g/mol. The van der Waals surface area contributed by atoms with Crippen LogP contribution in [0.25, 0.3) is 21.8 Å². The summed E-state index contributed by atoms with van der Waals surface area (Å²) in [6.45, 7) is 1.33. The summed E-state index contributed by atoms with van der Waals surface area (Å²) < 4.78 is 24.7. The maximum Gasteiger partial charge on any atom is 0.161 e. The molecule has 1 aliphatic heterocycles. The maximum atomic E-state index is 13.4. The Morgan fingerprint density at radius 3 is 2.70 bits per heavy atom. The van der Waals surface area contributed by atoms with Gasteiger partial charge in [0.05, 0.1) is 18.9 Å². The van der Waals surface area contributed by atoms with Gasteiger partial charge in [0.2, 0.25) is 0 Å². The van der Waals surface area contributed by atoms with Gasteiger partial charge in [-0.15, -0.1) is 11.3 Å². The van der Waals surface area contributed by atoms with Crippen molar-refractivity contribution >= 4 is 11.3 Å². The monoisotopic (exact) mass is 327 g/mol. The van der Waals surface area contributed by atoms with Gasteiger partial charge in [0.25, 0.3) is 0 Å². The average molecular weight is 327 g/mol. The van der Waals surface area contributed by atoms with E-state index in [9.17, 15) is 4.39 Å². The number of halogens is 1. The molecule has 116 valence electrons. The lowest BCUT2D eigenvalue weighted by Gasteiger charge is -2.08. The van der Waals surface area contributed by atoms with Crippen molar-refractivity contribution in [2.24, 2.45) is 0 Å². The van der Waals surface area contributed by atoms with E-state index in [1.807, 2.05) is 29.6 Å². The largest absolute Gasteiger partial charge is 0.490 e. The minimum Gasteiger partial charge on any atom is -0.490 e. The first kappa shape index (κ1) is 14.2. The van der Waals surface area contributed by atoms with E-state index in [0.29, 0.717) is 13.2 Å². The molecule has 0 saturated heterocycles. The lowest BCUT2D eigenvalue weighted by Crippen LogP contribution is -1.97. The molecule has 0 spiro atoms. The number of thiazole rings is 1. The molecule has 4 rings (SSSR count). The van der Waals surface area contributed by atoms with Gasteiger partial charge in [-0.1, -0.05) is 12.1 Å². The Bertz CT molecular complexity index is 847. The number of hydrogen-bond donors (Lipinski definition) is 0. The smallest absolute Gasteiger partial charge is 0.161 e. The van der Waals surface area contributed by atoms with Crippen LogP contribution in [0, 0.1) is 5.82 Å². The Labute approximate surface area is 137 Å². The lowest BCUT2D eigenvalue weighted by atomic mass is 10.1. The van der Waals surface area contributed by atoms with Gasteiger partial charge >= 0.3 is 0 Å². The fourth-order valence-corrected chi connectivity index (χ4v) is 3.31. The molecule has 0 saturated carbocycles. The first-order chi connectivity index (χ1) is 11.3. The first-order valence-electron chi connectivity index (χ1n) is 7.41. The molecule has 0 fully saturated rings. The topological polar surface area (TPSA) is 31.4 Å². The highest BCUT2D eigenvalue weighted by Gasteiger charge is 2.13. The summed E-state index contributed by atoms with van der Waals surface area (Å²) in [6.07, 6.45) is 0.879. The minimum absolute atomic E-state index is 0.255. The van der Waals surface area contributed by atoms with Gasteiger partial charge < -0.3 is 9.47 Å². The van der Waals surface area contributed by atoms with Gasteiger partial charge in [-0.25, -0.2) is 9.37 Å². The Morgan fingerprint density at radius 2 is 1.83 bits per heavy atom. The molecule has 0 radical (unpaired) electrons. The van der Waals surface area contributed by atoms with Gasteiger partial charge in [-0.3, -0.25) is 0 Å². The van der Waals surface area contributed by atoms with Crippen LogP contribution < -0.4 is 9.47 Å². The Kier molecular flexibility index (Phi) is 3.71. The maximum absolute atomic E-state index is 13.4. The summed E-state index contributed by atoms with van der Waals surface area (Å²) >= 11 is 1.50. The molecule has 2 aromatic carbocycles. The van der Waals surface area contributed by atoms with Crippen LogP contribution in [-0.4, -0.2) is 18.2 Å². The second-order valence-corrected chi connectivity index (χ2v) is 6.12. The van der Waals surface area contributed by atoms with Crippen LogP contribution in [0.5, 0.6) is 11.5 Å². The van der Waals surface area contributed by atoms with E-state index in [4.69, 9.17) is 9.47 Å². The third kappa shape index (κ3) is 2.92. The van der Waals surface area contributed by atoms with Crippen molar-refractivity contribution in [1.29, 1.82) is 0 Å². The van der Waals surface area contributed by atoms with Crippen molar-refractivity contribution in [2.75, 3.05) is 13.2 Å². The van der Waals surface area contributed by atoms with Crippen LogP contribution in [-0.2, 0) is 0 Å². The van der Waals surface area contributed by atoms with Crippen molar-refractivity contribution in [3.63, 3.8) is 0 Å². The van der Waals surface area contributed by atoms with Gasteiger partial charge in [-0.2, -0.15) is 0 Å². The summed E-state index contributed by atoms with van der Waals surface area (Å²) in [7, 11) is 0. The molecule has 3 aromatic rings. The molecule has 0 atom stereocenters. The molecule has 23 heavy (non-hydrogen) atoms. The zero-order valence-electron chi connectivity index (χ0n) is 12.3. The number of hydrogen-bond acceptors (Lipinski definition) is 4. The number of rotatable bonds is 2. The standard InChI is InChI=1S/C18H14FNO2S/c19-14-4-1-3-13(9-14)18-20-15(11-23-18)12-5-6-16-17(10-12)22-8-2-7-21-16/h1,3-6,9-11H,2,7-8H2. The van der Waals surface area contributed by atoms with Crippen molar-refractivity contribution < 1.29 is 13.9 Å². The van der Waals surface area contributed by atoms with Crippen molar-refractivity contribution in [1.82, 2.24) is 4.98 Å². The summed E-state index contributed by atoms with van der Waals surface area (Å²) in [5.41, 5.74) is 2.61. The summed E-state index contributed by atoms with van der Waals surface area (Å²) in [5, 5.41) is 2.77. The second kappa shape index (κ2) is 6.01. The molecule has 5 heteroatoms. The van der Waals surface area contributed by atoms with Crippen LogP contribution in [0.1, 0.15) is 6.42 Å². The molecule has 1 aromatic heterocycles. The number of ether oxygens (including phenoxy) is 2. The van der Waals surface area contributed by atoms with Gasteiger partial charge in [0, 0.05) is 22.9 Å². The highest BCUT2D eigenvalue weighted by atomic mass is 32.1. The van der Waals surface area contributed by atoms with Crippen molar-refractivity contribution in [2.45, 2.75) is 6.42 Å². The summed E-state index contributed by atoms with van der Waals surface area (Å²) in [6, 6.07) is 12.3. The van der Waals surface area contributed by atoms with Crippen molar-refractivity contribution in [3.05, 3.63) is 53.7 Å². The molecule has 2 heterocycles. The summed E-state index contributed by atoms with van der Waals surface area (Å²) in [5.74, 6) is 1.27. The second-order valence-electron chi connectivity index (χ2n) is 5.26. The van der Waals surface area contributed by atoms with Crippen molar-refractivity contribution in [3.8, 4) is 33.3 Å². The fraction of sp³-hybridized carbons (Fsp3) is 0.167. The molecule has 0 bridgehead atoms. The van der Waals surface area contributed by atoms with E-state index in [-0.39, 0.29) is 5.82 Å². The van der Waals surface area contributed by atoms with Crippen LogP contribution >= 0.6 is 11.3 Å². The molecule has 0 N–H and O–H groups in total. The van der Waals surface area contributed by atoms with E-state index in [1.54, 1.807) is 6.07 Å². The zero-order valence-corrected chi connectivity index (χ0v) is 13.1. The zero-order chi connectivity index (χ0) is 15.6. The van der Waals surface area contributed by atoms with E-state index in [1.165, 1.54) is 23.5 Å². The lowest BCUT2D eigenvalue weighted by molar-refractivity contribution is 0.297. The Hall–Kier alpha value is -2.40. The summed E-state index contributed by atoms with van der Waals surface area (Å²) in [4.78, 5) is 4.62. The molecule has 0 unspecified atom stereocenters. The number of aromatic nitrogens is 1. The molecule has 0 aliphatic carbocycles. The Balaban J connectivity index is 1.68. The van der Waals surface area contributed by atoms with E-state index < -0.39 is 0 Å². The third-order valence-corrected chi connectivity index (χ3v) is 4.51. The fourth-order valence-electron chi connectivity index (χ4n) is 2.48. The SMILES string of the molecule is Fc1cccc(-c2nc(-c3ccc4c(c3)OCCCO4)cs2)c1. The normalized spacial score (nSPS) is 13.6. The van der Waals surface area contributed by atoms with E-state index in [0.717, 1.165) is 39.7 Å². The predicted octanol–water partition coefficient (Wildman–Crippen LogP) is 4.78. The first-order valence-corrected chi connectivity index (χ1v) is 8.29. The molecular formula is C18H14FNO2S. The van der Waals surface area contributed by atoms with Gasteiger partial charge in [0.15, 0.2) is 11.5 Å². The highest BCUT2D eigenvalue weighted by Crippen LogP contribution is 2.35. The van der Waals surface area contributed by atoms with Gasteiger partial charge in [0.1, 0.15) is 10.8 Å². The van der Waals surface area contributed by atoms with E-state index in [2.05, 4.69) is 4.98 Å². The van der Waals surface area contributed by atoms with E-state index >= 15 is 0 Å². The molecule has 1 aliphatic rings. The van der Waals surface area contributed by atoms with Crippen LogP contribution in [0.2, 0.25) is 0 Å². The number of benzene rings is 2. The quantitative estimate of drug-likeness (QED) is 0.679. The number of nitrogens with zero attached hydrogens (tertiary/aromatic N) is 1. The molecule has 3 nitrogen and oxygen atoms in total. The predicted molar refractivity (Wildman–Crippen MR) is 88.6 cm³/mol. The average Bonchev–Trinajstić information content (AvgIpc) is 2.94. The number of fused-ring (bicyclic) bond motifs is 1. The Morgan fingerprint density at radius 1 is 0.957 bits per heavy atom. The molecule has 0 amide bonds. The van der Waals surface area contributed by atoms with Gasteiger partial charge in [-0.05, 0) is 30.3 Å². The third-order valence-electron chi connectivity index (χ3n) is 3.62. The van der Waals surface area contributed by atoms with Crippen LogP contribution in [0.3, 0.4) is 0 Å². The van der Waals surface area contributed by atoms with Crippen LogP contribution in [0.4, 0.5) is 4.39 Å². The minimum atomic E-state index is -0.255. The highest BCUT2D eigenvalue weighted by molar-refractivity contribution is 7.13. The van der Waals surface area contributed by atoms with Crippen LogP contribution in [0.15, 0.2) is 47.8 Å².